The van der Waals surface area contributed by atoms with Crippen LogP contribution in [0.2, 0.25) is 0 Å². The van der Waals surface area contributed by atoms with Gasteiger partial charge in [-0.3, -0.25) is 48.7 Å². The number of nitrogens with zero attached hydrogens (tertiary/aromatic N) is 9. The zero-order valence-corrected chi connectivity index (χ0v) is 36.8. The molecule has 0 bridgehead atoms. The third kappa shape index (κ3) is 10.6. The van der Waals surface area contributed by atoms with Crippen LogP contribution >= 0.6 is 0 Å². The number of rotatable bonds is 16. The maximum Gasteiger partial charge on any atom is 0.267 e. The lowest BCUT2D eigenvalue weighted by atomic mass is 10.0. The number of pyridine rings is 2. The summed E-state index contributed by atoms with van der Waals surface area (Å²) in [5.74, 6) is -3.04. The van der Waals surface area contributed by atoms with Gasteiger partial charge in [0.05, 0.1) is 58.8 Å². The topological polar surface area (TPSA) is 224 Å². The lowest BCUT2D eigenvalue weighted by molar-refractivity contribution is -0.136. The molecule has 8 rings (SSSR count). The number of hydrogen-bond acceptors (Lipinski definition) is 15. The van der Waals surface area contributed by atoms with Gasteiger partial charge in [0.2, 0.25) is 11.8 Å². The number of imide groups is 2. The first kappa shape index (κ1) is 45.5. The number of aryl methyl sites for hydroxylation is 1. The Morgan fingerprint density at radius 2 is 1.73 bits per heavy atom. The van der Waals surface area contributed by atoms with E-state index in [1.807, 2.05) is 11.1 Å². The molecule has 3 aromatic heterocycles. The van der Waals surface area contributed by atoms with Crippen molar-refractivity contribution in [2.75, 3.05) is 58.0 Å². The maximum absolute atomic E-state index is 14.8. The molecule has 0 saturated carbocycles. The van der Waals surface area contributed by atoms with Crippen LogP contribution in [0.1, 0.15) is 51.2 Å². The van der Waals surface area contributed by atoms with E-state index in [4.69, 9.17) is 9.47 Å². The minimum atomic E-state index is -2.97. The fourth-order valence-corrected chi connectivity index (χ4v) is 9.36. The zero-order chi connectivity index (χ0) is 46.5. The van der Waals surface area contributed by atoms with Crippen LogP contribution in [0.4, 0.5) is 20.4 Å². The van der Waals surface area contributed by atoms with Gasteiger partial charge in [0.25, 0.3) is 17.7 Å². The Hall–Kier alpha value is -7.04. The first-order chi connectivity index (χ1) is 31.7. The third-order valence-electron chi connectivity index (χ3n) is 11.1. The molecule has 2 atom stereocenters. The number of aromatic nitrogens is 5. The monoisotopic (exact) mass is 925 g/mol. The molecule has 2 aromatic carbocycles. The van der Waals surface area contributed by atoms with Gasteiger partial charge >= 0.3 is 0 Å². The van der Waals surface area contributed by atoms with Crippen LogP contribution in [0.25, 0.3) is 11.1 Å². The largest absolute Gasteiger partial charge is 0.496 e. The average Bonchev–Trinajstić information content (AvgIpc) is 3.83. The lowest BCUT2D eigenvalue weighted by Gasteiger charge is -2.33. The number of benzene rings is 2. The van der Waals surface area contributed by atoms with Crippen LogP contribution in [0.15, 0.2) is 77.6 Å². The molecule has 0 aliphatic carbocycles. The number of amides is 5. The Balaban J connectivity index is 0.773. The number of fused-ring (bicyclic) bond motifs is 1. The Morgan fingerprint density at radius 3 is 2.52 bits per heavy atom. The Kier molecular flexibility index (Phi) is 13.5. The van der Waals surface area contributed by atoms with E-state index in [1.54, 1.807) is 28.9 Å². The van der Waals surface area contributed by atoms with Gasteiger partial charge in [0.1, 0.15) is 40.8 Å². The number of carbonyl (C=O) groups is 5. The molecule has 5 amide bonds. The molecule has 6 heterocycles. The van der Waals surface area contributed by atoms with E-state index in [9.17, 15) is 37.0 Å². The van der Waals surface area contributed by atoms with Crippen molar-refractivity contribution in [1.82, 2.24) is 45.0 Å². The molecule has 344 valence electrons. The summed E-state index contributed by atoms with van der Waals surface area (Å²) in [5, 5.41) is 13.7. The van der Waals surface area contributed by atoms with Gasteiger partial charge in [0.15, 0.2) is 0 Å². The Labute approximate surface area is 377 Å². The molecular formula is C44H45F2N11O8S. The van der Waals surface area contributed by atoms with Crippen LogP contribution in [-0.4, -0.2) is 132 Å². The SMILES string of the molecule is COc1cc(F)ccc1-c1cc(Nc2cc(CS(C)(=O)=NC(=O)CN3CCN(Cc4cn(CCCOc5cccc6c5C(=O)N(C5CCC(=O)NC5=O)C6=O)nn4)CC3)ccn2)ncc1F. The van der Waals surface area contributed by atoms with Gasteiger partial charge in [-0.25, -0.2) is 23.0 Å². The van der Waals surface area contributed by atoms with Crippen molar-refractivity contribution in [3.05, 3.63) is 107 Å². The van der Waals surface area contributed by atoms with Gasteiger partial charge in [-0.05, 0) is 54.4 Å². The highest BCUT2D eigenvalue weighted by molar-refractivity contribution is 7.92. The fraction of sp³-hybridized carbons (Fsp3) is 0.341. The van der Waals surface area contributed by atoms with Crippen molar-refractivity contribution < 1.29 is 46.4 Å². The standard InChI is InChI=1S/C44H45F2N11O8S/c1-64-36-20-28(45)7-8-30(36)32-21-38(48-22-33(32)46)49-37-19-27(11-12-47-37)26-66(2,63)52-40(59)25-55-16-14-54(15-17-55)23-29-24-56(53-51-29)13-4-18-65-35-6-3-5-31-41(35)44(62)57(43(31)61)34-9-10-39(58)50-42(34)60/h3,5-8,11-12,19-22,24,34H,4,9-10,13-18,23,25-26H2,1-2H3,(H,47,48,49)(H,50,58,60). The first-order valence-electron chi connectivity index (χ1n) is 21.0. The summed E-state index contributed by atoms with van der Waals surface area (Å²) in [6.45, 7) is 3.75. The van der Waals surface area contributed by atoms with Crippen molar-refractivity contribution >= 4 is 50.9 Å². The van der Waals surface area contributed by atoms with Crippen molar-refractivity contribution in [2.24, 2.45) is 4.36 Å². The Morgan fingerprint density at radius 1 is 0.939 bits per heavy atom. The Bertz CT molecular complexity index is 2840. The van der Waals surface area contributed by atoms with Crippen molar-refractivity contribution in [1.29, 1.82) is 0 Å². The second-order valence-corrected chi connectivity index (χ2v) is 18.4. The predicted octanol–water partition coefficient (Wildman–Crippen LogP) is 3.58. The molecule has 5 aromatic rings. The quantitative estimate of drug-likeness (QED) is 0.107. The number of anilines is 2. The van der Waals surface area contributed by atoms with Crippen LogP contribution < -0.4 is 20.1 Å². The lowest BCUT2D eigenvalue weighted by Crippen LogP contribution is -2.54. The summed E-state index contributed by atoms with van der Waals surface area (Å²) in [6.07, 6.45) is 6.42. The number of halogens is 2. The summed E-state index contributed by atoms with van der Waals surface area (Å²) in [7, 11) is -1.61. The van der Waals surface area contributed by atoms with Crippen molar-refractivity contribution in [3.8, 4) is 22.6 Å². The molecule has 19 nitrogen and oxygen atoms in total. The highest BCUT2D eigenvalue weighted by Gasteiger charge is 2.46. The minimum absolute atomic E-state index is 0.0166. The summed E-state index contributed by atoms with van der Waals surface area (Å²) in [5.41, 5.74) is 2.08. The van der Waals surface area contributed by atoms with Crippen molar-refractivity contribution in [2.45, 2.75) is 44.1 Å². The number of piperidine rings is 1. The highest BCUT2D eigenvalue weighted by atomic mass is 32.2. The maximum atomic E-state index is 14.8. The van der Waals surface area contributed by atoms with Crippen LogP contribution in [0.5, 0.6) is 11.5 Å². The summed E-state index contributed by atoms with van der Waals surface area (Å²) in [6, 6.07) is 12.2. The van der Waals surface area contributed by atoms with E-state index < -0.39 is 56.9 Å². The molecule has 3 aliphatic heterocycles. The van der Waals surface area contributed by atoms with Crippen LogP contribution in [0, 0.1) is 11.6 Å². The fourth-order valence-electron chi connectivity index (χ4n) is 8.01. The number of hydrogen-bond donors (Lipinski definition) is 2. The molecule has 0 spiro atoms. The summed E-state index contributed by atoms with van der Waals surface area (Å²) < 4.78 is 59.1. The van der Waals surface area contributed by atoms with Gasteiger partial charge in [-0.2, -0.15) is 4.36 Å². The van der Waals surface area contributed by atoms with E-state index in [0.717, 1.165) is 22.9 Å². The van der Waals surface area contributed by atoms with E-state index in [1.165, 1.54) is 43.8 Å². The second kappa shape index (κ2) is 19.6. The van der Waals surface area contributed by atoms with E-state index >= 15 is 0 Å². The molecule has 2 saturated heterocycles. The van der Waals surface area contributed by atoms with E-state index in [-0.39, 0.29) is 65.8 Å². The van der Waals surface area contributed by atoms with Crippen molar-refractivity contribution in [3.63, 3.8) is 0 Å². The molecule has 2 fully saturated rings. The molecular weight excluding hydrogens is 881 g/mol. The van der Waals surface area contributed by atoms with Crippen LogP contribution in [-0.2, 0) is 43.0 Å². The van der Waals surface area contributed by atoms with Gasteiger partial charge in [0, 0.05) is 88.0 Å². The molecule has 2 N–H and O–H groups in total. The number of piperazine rings is 1. The van der Waals surface area contributed by atoms with E-state index in [0.29, 0.717) is 62.6 Å². The second-order valence-electron chi connectivity index (χ2n) is 16.0. The predicted molar refractivity (Wildman–Crippen MR) is 234 cm³/mol. The highest BCUT2D eigenvalue weighted by Crippen LogP contribution is 2.35. The first-order valence-corrected chi connectivity index (χ1v) is 23.1. The van der Waals surface area contributed by atoms with Crippen LogP contribution in [0.3, 0.4) is 0 Å². The van der Waals surface area contributed by atoms with E-state index in [2.05, 4.69) is 40.2 Å². The third-order valence-corrected chi connectivity index (χ3v) is 12.6. The molecule has 22 heteroatoms. The molecule has 2 unspecified atom stereocenters. The molecule has 3 aliphatic rings. The molecule has 66 heavy (non-hydrogen) atoms. The number of carbonyl (C=O) groups excluding carboxylic acids is 5. The average molecular weight is 926 g/mol. The number of nitrogens with one attached hydrogen (secondary N) is 2. The number of ether oxygens (including phenoxy) is 2. The van der Waals surface area contributed by atoms with Gasteiger partial charge in [-0.15, -0.1) is 5.10 Å². The van der Waals surface area contributed by atoms with Gasteiger partial charge < -0.3 is 14.8 Å². The van der Waals surface area contributed by atoms with Gasteiger partial charge in [-0.1, -0.05) is 11.3 Å². The number of methoxy groups -OCH3 is 1. The molecule has 0 radical (unpaired) electrons. The summed E-state index contributed by atoms with van der Waals surface area (Å²) in [4.78, 5) is 77.0. The minimum Gasteiger partial charge on any atom is -0.496 e. The summed E-state index contributed by atoms with van der Waals surface area (Å²) >= 11 is 0. The smallest absolute Gasteiger partial charge is 0.267 e. The zero-order valence-electron chi connectivity index (χ0n) is 35.9. The normalized spacial score (nSPS) is 17.6.